The zero-order valence-corrected chi connectivity index (χ0v) is 12.4. The Morgan fingerprint density at radius 3 is 2.40 bits per heavy atom. The van der Waals surface area contributed by atoms with E-state index >= 15 is 0 Å². The van der Waals surface area contributed by atoms with E-state index in [-0.39, 0.29) is 6.54 Å². The highest BCUT2D eigenvalue weighted by atomic mass is 35.5. The number of hydrogen-bond donors (Lipinski definition) is 1. The van der Waals surface area contributed by atoms with E-state index < -0.39 is 37.7 Å². The molecule has 0 radical (unpaired) electrons. The molecule has 4 nitrogen and oxygen atoms in total. The summed E-state index contributed by atoms with van der Waals surface area (Å²) in [5.41, 5.74) is 4.18. The van der Waals surface area contributed by atoms with Crippen LogP contribution in [0.5, 0.6) is 0 Å². The van der Waals surface area contributed by atoms with E-state index in [9.17, 15) is 21.6 Å². The molecule has 2 N–H and O–H groups in total. The van der Waals surface area contributed by atoms with Gasteiger partial charge in [0, 0.05) is 19.6 Å². The highest BCUT2D eigenvalue weighted by Gasteiger charge is 2.35. The maximum Gasteiger partial charge on any atom is 0.417 e. The molecule has 0 fully saturated rings. The number of sulfonamides is 1. The minimum atomic E-state index is -4.72. The van der Waals surface area contributed by atoms with Gasteiger partial charge in [-0.1, -0.05) is 11.6 Å². The van der Waals surface area contributed by atoms with Crippen molar-refractivity contribution in [3.05, 3.63) is 28.8 Å². The first-order valence-corrected chi connectivity index (χ1v) is 7.38. The van der Waals surface area contributed by atoms with Crippen molar-refractivity contribution in [2.75, 3.05) is 13.6 Å². The topological polar surface area (TPSA) is 63.4 Å². The molecular formula is C11H14ClF3N2O2S. The molecule has 0 aliphatic heterocycles. The number of alkyl halides is 3. The summed E-state index contributed by atoms with van der Waals surface area (Å²) in [7, 11) is -2.80. The number of halogens is 4. The zero-order valence-electron chi connectivity index (χ0n) is 10.8. The molecule has 0 heterocycles. The van der Waals surface area contributed by atoms with E-state index in [1.807, 2.05) is 0 Å². The van der Waals surface area contributed by atoms with Crippen molar-refractivity contribution < 1.29 is 21.6 Å². The molecule has 114 valence electrons. The first-order valence-electron chi connectivity index (χ1n) is 5.56. The van der Waals surface area contributed by atoms with Crippen LogP contribution in [0.2, 0.25) is 5.02 Å². The number of nitrogens with zero attached hydrogens (tertiary/aromatic N) is 1. The summed E-state index contributed by atoms with van der Waals surface area (Å²) in [5.74, 6) is 0. The first kappa shape index (κ1) is 17.2. The van der Waals surface area contributed by atoms with Gasteiger partial charge in [0.1, 0.15) is 0 Å². The lowest BCUT2D eigenvalue weighted by molar-refractivity contribution is -0.137. The van der Waals surface area contributed by atoms with E-state index in [0.29, 0.717) is 6.07 Å². The summed E-state index contributed by atoms with van der Waals surface area (Å²) in [5, 5.41) is -0.550. The fourth-order valence-electron chi connectivity index (χ4n) is 1.43. The SMILES string of the molecule is CC(CN)N(C)S(=O)(=O)c1ccc(Cl)c(C(F)(F)F)c1. The fourth-order valence-corrected chi connectivity index (χ4v) is 3.06. The normalized spacial score (nSPS) is 14.6. The average molecular weight is 331 g/mol. The van der Waals surface area contributed by atoms with Crippen LogP contribution >= 0.6 is 11.6 Å². The zero-order chi connectivity index (χ0) is 15.7. The van der Waals surface area contributed by atoms with Crippen molar-refractivity contribution in [3.63, 3.8) is 0 Å². The molecule has 1 rings (SSSR count). The standard InChI is InChI=1S/C11H14ClF3N2O2S/c1-7(6-16)17(2)20(18,19)8-3-4-10(12)9(5-8)11(13,14)15/h3-5,7H,6,16H2,1-2H3. The van der Waals surface area contributed by atoms with Crippen molar-refractivity contribution >= 4 is 21.6 Å². The van der Waals surface area contributed by atoms with E-state index in [4.69, 9.17) is 17.3 Å². The smallest absolute Gasteiger partial charge is 0.329 e. The third-order valence-electron chi connectivity index (χ3n) is 2.88. The van der Waals surface area contributed by atoms with Crippen LogP contribution in [0, 0.1) is 0 Å². The van der Waals surface area contributed by atoms with Gasteiger partial charge in [0.25, 0.3) is 0 Å². The van der Waals surface area contributed by atoms with Crippen molar-refractivity contribution in [1.82, 2.24) is 4.31 Å². The third-order valence-corrected chi connectivity index (χ3v) is 5.18. The highest BCUT2D eigenvalue weighted by molar-refractivity contribution is 7.89. The maximum absolute atomic E-state index is 12.7. The van der Waals surface area contributed by atoms with Crippen molar-refractivity contribution in [3.8, 4) is 0 Å². The van der Waals surface area contributed by atoms with Crippen molar-refractivity contribution in [2.24, 2.45) is 5.73 Å². The number of nitrogens with two attached hydrogens (primary N) is 1. The van der Waals surface area contributed by atoms with E-state index in [1.54, 1.807) is 6.92 Å². The molecule has 0 bridgehead atoms. The Labute approximate surface area is 120 Å². The van der Waals surface area contributed by atoms with E-state index in [0.717, 1.165) is 16.4 Å². The van der Waals surface area contributed by atoms with Gasteiger partial charge in [-0.2, -0.15) is 17.5 Å². The Kier molecular flexibility index (Phi) is 5.07. The van der Waals surface area contributed by atoms with Gasteiger partial charge < -0.3 is 5.73 Å². The van der Waals surface area contributed by atoms with Crippen LogP contribution < -0.4 is 5.73 Å². The molecule has 0 saturated carbocycles. The summed E-state index contributed by atoms with van der Waals surface area (Å²) < 4.78 is 63.5. The first-order chi connectivity index (χ1) is 9.01. The molecule has 1 unspecified atom stereocenters. The lowest BCUT2D eigenvalue weighted by Gasteiger charge is -2.23. The van der Waals surface area contributed by atoms with E-state index in [1.165, 1.54) is 7.05 Å². The molecule has 0 aliphatic rings. The monoisotopic (exact) mass is 330 g/mol. The van der Waals surface area contributed by atoms with Crippen LogP contribution in [0.15, 0.2) is 23.1 Å². The van der Waals surface area contributed by atoms with Gasteiger partial charge in [0.15, 0.2) is 0 Å². The van der Waals surface area contributed by atoms with Gasteiger partial charge in [0.2, 0.25) is 10.0 Å². The molecule has 0 spiro atoms. The fraction of sp³-hybridized carbons (Fsp3) is 0.455. The van der Waals surface area contributed by atoms with Crippen molar-refractivity contribution in [2.45, 2.75) is 24.0 Å². The van der Waals surface area contributed by atoms with Crippen LogP contribution in [0.25, 0.3) is 0 Å². The van der Waals surface area contributed by atoms with Crippen LogP contribution in [0.1, 0.15) is 12.5 Å². The van der Waals surface area contributed by atoms with Gasteiger partial charge in [-0.15, -0.1) is 0 Å². The number of rotatable bonds is 4. The second-order valence-electron chi connectivity index (χ2n) is 4.25. The minimum Gasteiger partial charge on any atom is -0.329 e. The van der Waals surface area contributed by atoms with Crippen LogP contribution in [-0.4, -0.2) is 32.4 Å². The molecule has 9 heteroatoms. The molecule has 1 atom stereocenters. The molecule has 0 aliphatic carbocycles. The summed E-state index contributed by atoms with van der Waals surface area (Å²) in [6.07, 6.45) is -4.72. The average Bonchev–Trinajstić information content (AvgIpc) is 2.35. The Bertz CT molecular complexity index is 590. The molecule has 20 heavy (non-hydrogen) atoms. The maximum atomic E-state index is 12.7. The molecule has 0 saturated heterocycles. The van der Waals surface area contributed by atoms with E-state index in [2.05, 4.69) is 0 Å². The number of benzene rings is 1. The summed E-state index contributed by atoms with van der Waals surface area (Å²) in [6, 6.07) is 1.94. The predicted octanol–water partition coefficient (Wildman–Crippen LogP) is 2.33. The Morgan fingerprint density at radius 2 is 1.95 bits per heavy atom. The van der Waals surface area contributed by atoms with Gasteiger partial charge in [-0.3, -0.25) is 0 Å². The second-order valence-corrected chi connectivity index (χ2v) is 6.65. The number of likely N-dealkylation sites (N-methyl/N-ethyl adjacent to an activating group) is 1. The van der Waals surface area contributed by atoms with Gasteiger partial charge in [-0.05, 0) is 25.1 Å². The number of hydrogen-bond acceptors (Lipinski definition) is 3. The Hall–Kier alpha value is -0.830. The quantitative estimate of drug-likeness (QED) is 0.921. The lowest BCUT2D eigenvalue weighted by atomic mass is 10.2. The molecule has 1 aromatic rings. The lowest BCUT2D eigenvalue weighted by Crippen LogP contribution is -2.39. The summed E-state index contributed by atoms with van der Waals surface area (Å²) >= 11 is 5.45. The van der Waals surface area contributed by atoms with Crippen LogP contribution in [0.4, 0.5) is 13.2 Å². The van der Waals surface area contributed by atoms with Crippen LogP contribution in [-0.2, 0) is 16.2 Å². The molecular weight excluding hydrogens is 317 g/mol. The minimum absolute atomic E-state index is 0.0510. The highest BCUT2D eigenvalue weighted by Crippen LogP contribution is 2.36. The second kappa shape index (κ2) is 5.88. The third kappa shape index (κ3) is 3.43. The Morgan fingerprint density at radius 1 is 1.40 bits per heavy atom. The largest absolute Gasteiger partial charge is 0.417 e. The summed E-state index contributed by atoms with van der Waals surface area (Å²) in [4.78, 5) is -0.475. The van der Waals surface area contributed by atoms with Crippen LogP contribution in [0.3, 0.4) is 0 Å². The molecule has 1 aromatic carbocycles. The predicted molar refractivity (Wildman–Crippen MR) is 69.9 cm³/mol. The van der Waals surface area contributed by atoms with Gasteiger partial charge in [0.05, 0.1) is 15.5 Å². The molecule has 0 amide bonds. The summed E-state index contributed by atoms with van der Waals surface area (Å²) in [6.45, 7) is 1.60. The van der Waals surface area contributed by atoms with Gasteiger partial charge in [-0.25, -0.2) is 8.42 Å². The molecule has 0 aromatic heterocycles. The van der Waals surface area contributed by atoms with Gasteiger partial charge >= 0.3 is 6.18 Å². The Balaban J connectivity index is 3.34. The van der Waals surface area contributed by atoms with Crippen molar-refractivity contribution in [1.29, 1.82) is 0 Å².